The second-order valence-corrected chi connectivity index (χ2v) is 4.71. The number of rotatable bonds is 3. The van der Waals surface area contributed by atoms with Crippen LogP contribution in [0.15, 0.2) is 18.2 Å². The Morgan fingerprint density at radius 3 is 2.94 bits per heavy atom. The van der Waals surface area contributed by atoms with Crippen molar-refractivity contribution in [1.82, 2.24) is 14.8 Å². The van der Waals surface area contributed by atoms with Gasteiger partial charge in [-0.15, -0.1) is 0 Å². The van der Waals surface area contributed by atoms with E-state index in [-0.39, 0.29) is 0 Å². The quantitative estimate of drug-likeness (QED) is 0.854. The van der Waals surface area contributed by atoms with Gasteiger partial charge in [0, 0.05) is 12.1 Å². The highest BCUT2D eigenvalue weighted by atomic mass is 35.5. The van der Waals surface area contributed by atoms with Crippen LogP contribution in [0.1, 0.15) is 18.9 Å². The van der Waals surface area contributed by atoms with Gasteiger partial charge in [-0.3, -0.25) is 5.10 Å². The number of aromatic amines is 1. The zero-order valence-corrected chi connectivity index (χ0v) is 11.4. The van der Waals surface area contributed by atoms with Gasteiger partial charge in [-0.1, -0.05) is 30.7 Å². The van der Waals surface area contributed by atoms with Crippen molar-refractivity contribution in [3.8, 4) is 11.4 Å². The number of aryl methyl sites for hydroxylation is 1. The minimum absolute atomic E-state index is 0.638. The molecule has 1 N–H and O–H groups in total. The van der Waals surface area contributed by atoms with E-state index < -0.39 is 0 Å². The lowest BCUT2D eigenvalue weighted by Crippen LogP contribution is -2.00. The van der Waals surface area contributed by atoms with Crippen molar-refractivity contribution in [3.63, 3.8) is 0 Å². The first kappa shape index (κ1) is 12.3. The predicted molar refractivity (Wildman–Crippen MR) is 72.9 cm³/mol. The summed E-state index contributed by atoms with van der Waals surface area (Å²) in [6.07, 6.45) is 1.00. The molecule has 0 aliphatic carbocycles. The zero-order valence-electron chi connectivity index (χ0n) is 9.83. The second kappa shape index (κ2) is 5.02. The first-order valence-electron chi connectivity index (χ1n) is 5.55. The van der Waals surface area contributed by atoms with Gasteiger partial charge in [-0.05, 0) is 37.2 Å². The lowest BCUT2D eigenvalue weighted by atomic mass is 10.1. The Hall–Kier alpha value is -1.13. The molecule has 0 bridgehead atoms. The molecule has 0 unspecified atom stereocenters. The standard InChI is InChI=1S/C12H14ClN3S/c1-3-7-16-11(14-15-12(16)17)9-6-4-5-8(2)10(9)13/h4-6H,3,7H2,1-2H3,(H,15,17). The number of hydrogen-bond acceptors (Lipinski definition) is 2. The molecule has 0 atom stereocenters. The Morgan fingerprint density at radius 1 is 1.47 bits per heavy atom. The van der Waals surface area contributed by atoms with Gasteiger partial charge in [-0.2, -0.15) is 5.10 Å². The van der Waals surface area contributed by atoms with Gasteiger partial charge >= 0.3 is 0 Å². The number of benzene rings is 1. The fourth-order valence-corrected chi connectivity index (χ4v) is 2.21. The molecule has 5 heteroatoms. The van der Waals surface area contributed by atoms with E-state index in [2.05, 4.69) is 17.1 Å². The van der Waals surface area contributed by atoms with Gasteiger partial charge in [-0.25, -0.2) is 0 Å². The minimum Gasteiger partial charge on any atom is -0.300 e. The van der Waals surface area contributed by atoms with Gasteiger partial charge in [0.15, 0.2) is 10.6 Å². The van der Waals surface area contributed by atoms with E-state index >= 15 is 0 Å². The number of H-pyrrole nitrogens is 1. The predicted octanol–water partition coefficient (Wildman–Crippen LogP) is 3.98. The molecule has 90 valence electrons. The SMILES string of the molecule is CCCn1c(-c2cccc(C)c2Cl)n[nH]c1=S. The number of nitrogens with zero attached hydrogens (tertiary/aromatic N) is 2. The lowest BCUT2D eigenvalue weighted by molar-refractivity contribution is 0.675. The smallest absolute Gasteiger partial charge is 0.195 e. The molecule has 0 fully saturated rings. The van der Waals surface area contributed by atoms with Gasteiger partial charge in [0.05, 0.1) is 5.02 Å². The number of nitrogens with one attached hydrogen (secondary N) is 1. The van der Waals surface area contributed by atoms with Crippen molar-refractivity contribution >= 4 is 23.8 Å². The molecule has 1 aromatic carbocycles. The maximum atomic E-state index is 6.31. The molecule has 0 saturated carbocycles. The third-order valence-electron chi connectivity index (χ3n) is 2.64. The molecule has 1 aromatic heterocycles. The monoisotopic (exact) mass is 267 g/mol. The van der Waals surface area contributed by atoms with Gasteiger partial charge in [0.1, 0.15) is 0 Å². The summed E-state index contributed by atoms with van der Waals surface area (Å²) in [5.74, 6) is 0.811. The van der Waals surface area contributed by atoms with Crippen molar-refractivity contribution in [2.24, 2.45) is 0 Å². The summed E-state index contributed by atoms with van der Waals surface area (Å²) in [5, 5.41) is 7.83. The molecule has 0 amide bonds. The molecule has 3 nitrogen and oxygen atoms in total. The molecule has 0 spiro atoms. The maximum absolute atomic E-state index is 6.31. The Bertz CT molecular complexity index is 586. The van der Waals surface area contributed by atoms with Crippen molar-refractivity contribution in [1.29, 1.82) is 0 Å². The molecular weight excluding hydrogens is 254 g/mol. The summed E-state index contributed by atoms with van der Waals surface area (Å²) in [6.45, 7) is 4.93. The lowest BCUT2D eigenvalue weighted by Gasteiger charge is -2.08. The summed E-state index contributed by atoms with van der Waals surface area (Å²) in [5.41, 5.74) is 1.97. The van der Waals surface area contributed by atoms with Crippen LogP contribution in [-0.2, 0) is 6.54 Å². The third-order valence-corrected chi connectivity index (χ3v) is 3.45. The molecule has 2 rings (SSSR count). The van der Waals surface area contributed by atoms with Crippen LogP contribution in [0.5, 0.6) is 0 Å². The Morgan fingerprint density at radius 2 is 2.24 bits per heavy atom. The van der Waals surface area contributed by atoms with Crippen LogP contribution in [0.3, 0.4) is 0 Å². The number of hydrogen-bond donors (Lipinski definition) is 1. The molecule has 1 heterocycles. The van der Waals surface area contributed by atoms with E-state index in [1.807, 2.05) is 29.7 Å². The highest BCUT2D eigenvalue weighted by Gasteiger charge is 2.12. The largest absolute Gasteiger partial charge is 0.300 e. The first-order valence-corrected chi connectivity index (χ1v) is 6.34. The molecule has 0 aliphatic rings. The maximum Gasteiger partial charge on any atom is 0.195 e. The average Bonchev–Trinajstić information content (AvgIpc) is 2.66. The van der Waals surface area contributed by atoms with E-state index in [1.54, 1.807) is 0 Å². The molecule has 2 aromatic rings. The van der Waals surface area contributed by atoms with Gasteiger partial charge < -0.3 is 4.57 Å². The highest BCUT2D eigenvalue weighted by Crippen LogP contribution is 2.29. The highest BCUT2D eigenvalue weighted by molar-refractivity contribution is 7.71. The van der Waals surface area contributed by atoms with Crippen molar-refractivity contribution in [2.45, 2.75) is 26.8 Å². The number of aromatic nitrogens is 3. The fraction of sp³-hybridized carbons (Fsp3) is 0.333. The van der Waals surface area contributed by atoms with Crippen molar-refractivity contribution in [3.05, 3.63) is 33.6 Å². The molecule has 0 saturated heterocycles. The summed E-state index contributed by atoms with van der Waals surface area (Å²) < 4.78 is 2.62. The molecular formula is C12H14ClN3S. The van der Waals surface area contributed by atoms with E-state index in [1.165, 1.54) is 0 Å². The van der Waals surface area contributed by atoms with Crippen LogP contribution in [0.2, 0.25) is 5.02 Å². The Kier molecular flexibility index (Phi) is 3.64. The van der Waals surface area contributed by atoms with Crippen LogP contribution >= 0.6 is 23.8 Å². The van der Waals surface area contributed by atoms with E-state index in [0.29, 0.717) is 4.77 Å². The fourth-order valence-electron chi connectivity index (χ4n) is 1.77. The van der Waals surface area contributed by atoms with E-state index in [4.69, 9.17) is 23.8 Å². The Labute approximate surface area is 110 Å². The van der Waals surface area contributed by atoms with Crippen LogP contribution in [0.4, 0.5) is 0 Å². The summed E-state index contributed by atoms with van der Waals surface area (Å²) >= 11 is 11.5. The minimum atomic E-state index is 0.638. The summed E-state index contributed by atoms with van der Waals surface area (Å²) in [6, 6.07) is 5.92. The van der Waals surface area contributed by atoms with Crippen LogP contribution in [-0.4, -0.2) is 14.8 Å². The zero-order chi connectivity index (χ0) is 12.4. The Balaban J connectivity index is 2.60. The topological polar surface area (TPSA) is 33.6 Å². The van der Waals surface area contributed by atoms with Gasteiger partial charge in [0.2, 0.25) is 0 Å². The molecule has 17 heavy (non-hydrogen) atoms. The van der Waals surface area contributed by atoms with E-state index in [0.717, 1.165) is 34.9 Å². The van der Waals surface area contributed by atoms with Crippen LogP contribution in [0, 0.1) is 11.7 Å². The average molecular weight is 268 g/mol. The van der Waals surface area contributed by atoms with Crippen LogP contribution in [0.25, 0.3) is 11.4 Å². The van der Waals surface area contributed by atoms with Crippen LogP contribution < -0.4 is 0 Å². The summed E-state index contributed by atoms with van der Waals surface area (Å²) in [7, 11) is 0. The normalized spacial score (nSPS) is 10.8. The first-order chi connectivity index (χ1) is 8.15. The number of halogens is 1. The summed E-state index contributed by atoms with van der Waals surface area (Å²) in [4.78, 5) is 0. The van der Waals surface area contributed by atoms with E-state index in [9.17, 15) is 0 Å². The second-order valence-electron chi connectivity index (χ2n) is 3.94. The molecule has 0 radical (unpaired) electrons. The molecule has 0 aliphatic heterocycles. The third kappa shape index (κ3) is 2.28. The van der Waals surface area contributed by atoms with Gasteiger partial charge in [0.25, 0.3) is 0 Å². The van der Waals surface area contributed by atoms with Crippen molar-refractivity contribution < 1.29 is 0 Å². The van der Waals surface area contributed by atoms with Crippen molar-refractivity contribution in [2.75, 3.05) is 0 Å².